The number of hydrogen-bond donors (Lipinski definition) is 0. The number of fused-ring (bicyclic) bond motifs is 14. The molecule has 87 heavy (non-hydrogen) atoms. The molecule has 0 saturated carbocycles. The molecule has 0 aliphatic carbocycles. The Hall–Kier alpha value is -11.5. The molecule has 3 heteroatoms. The summed E-state index contributed by atoms with van der Waals surface area (Å²) in [6, 6.07) is 112. The van der Waals surface area contributed by atoms with Crippen molar-refractivity contribution in [1.29, 1.82) is 0 Å². The van der Waals surface area contributed by atoms with Crippen molar-refractivity contribution in [3.8, 4) is 33.6 Å². The molecule has 20 rings (SSSR count). The van der Waals surface area contributed by atoms with Gasteiger partial charge in [-0.05, 0) is 147 Å². The summed E-state index contributed by atoms with van der Waals surface area (Å²) in [7, 11) is 0. The Balaban J connectivity index is 0.991. The Morgan fingerprint density at radius 3 is 0.954 bits per heavy atom. The zero-order chi connectivity index (χ0) is 56.6. The summed E-state index contributed by atoms with van der Waals surface area (Å²) in [6.07, 6.45) is 0. The topological polar surface area (TPSA) is 13.1 Å². The number of aromatic nitrogens is 2. The molecule has 2 heterocycles. The van der Waals surface area contributed by atoms with Crippen molar-refractivity contribution in [1.82, 2.24) is 9.13 Å². The lowest BCUT2D eigenvalue weighted by molar-refractivity contribution is 1.20. The number of rotatable bonds is 7. The van der Waals surface area contributed by atoms with Crippen LogP contribution in [0.25, 0.3) is 174 Å². The normalized spacial score (nSPS) is 12.4. The molecular weight excluding hydrogens is 1050 g/mol. The summed E-state index contributed by atoms with van der Waals surface area (Å²) in [4.78, 5) is 2.48. The van der Waals surface area contributed by atoms with Gasteiger partial charge in [-0.2, -0.15) is 0 Å². The lowest BCUT2D eigenvalue weighted by atomic mass is 9.89. The molecule has 0 atom stereocenters. The fraction of sp³-hybridized carbons (Fsp3) is 0. The van der Waals surface area contributed by atoms with Crippen molar-refractivity contribution in [2.24, 2.45) is 0 Å². The van der Waals surface area contributed by atoms with Crippen LogP contribution < -0.4 is 4.90 Å². The maximum Gasteiger partial charge on any atom is 0.0633 e. The highest BCUT2D eigenvalue weighted by molar-refractivity contribution is 6.48. The van der Waals surface area contributed by atoms with E-state index in [1.807, 2.05) is 0 Å². The fourth-order valence-electron chi connectivity index (χ4n) is 16.0. The molecule has 0 amide bonds. The van der Waals surface area contributed by atoms with Crippen LogP contribution in [0.4, 0.5) is 17.1 Å². The van der Waals surface area contributed by atoms with E-state index >= 15 is 0 Å². The molecule has 0 unspecified atom stereocenters. The quantitative estimate of drug-likeness (QED) is 0.115. The third-order valence-corrected chi connectivity index (χ3v) is 19.5. The van der Waals surface area contributed by atoms with Crippen LogP contribution in [0.1, 0.15) is 0 Å². The van der Waals surface area contributed by atoms with Gasteiger partial charge >= 0.3 is 0 Å². The molecule has 0 bridgehead atoms. The zero-order valence-electron chi connectivity index (χ0n) is 47.1. The number of nitrogens with zero attached hydrogens (tertiary/aromatic N) is 3. The lowest BCUT2D eigenvalue weighted by Crippen LogP contribution is -2.10. The Kier molecular flexibility index (Phi) is 9.45. The molecule has 3 nitrogen and oxygen atoms in total. The highest BCUT2D eigenvalue weighted by Crippen LogP contribution is 2.58. The van der Waals surface area contributed by atoms with E-state index in [0.29, 0.717) is 0 Å². The maximum atomic E-state index is 2.65. The van der Waals surface area contributed by atoms with Gasteiger partial charge in [-0.25, -0.2) is 0 Å². The van der Waals surface area contributed by atoms with Gasteiger partial charge < -0.3 is 14.0 Å². The van der Waals surface area contributed by atoms with E-state index in [1.54, 1.807) is 0 Å². The first kappa shape index (κ1) is 46.9. The van der Waals surface area contributed by atoms with E-state index in [-0.39, 0.29) is 0 Å². The van der Waals surface area contributed by atoms with Gasteiger partial charge in [0.1, 0.15) is 0 Å². The van der Waals surface area contributed by atoms with E-state index < -0.39 is 0 Å². The molecule has 20 aromatic rings. The smallest absolute Gasteiger partial charge is 0.0633 e. The third kappa shape index (κ3) is 6.29. The number of hydrogen-bond acceptors (Lipinski definition) is 1. The van der Waals surface area contributed by atoms with Gasteiger partial charge in [-0.15, -0.1) is 0 Å². The Morgan fingerprint density at radius 1 is 0.184 bits per heavy atom. The first-order valence-corrected chi connectivity index (χ1v) is 30.3. The fourth-order valence-corrected chi connectivity index (χ4v) is 16.0. The van der Waals surface area contributed by atoms with E-state index in [2.05, 4.69) is 311 Å². The number of anilines is 3. The number of benzene rings is 16. The SMILES string of the molecule is c1ccc(-c2ccc(N(c3ccc(-c4ccccc4)cc3)c3ccc4c5c(-n6c7ccccc7c7ccccc76)c6c7ccc8c9cccc%10cccc(c%11ccc(c6c(-n6c%12ccccc%12c%12ccccc%126)c5c5cccc3c54)c7c%118)c%109)cc2)cc1. The molecular formula is C84H49N3. The summed E-state index contributed by atoms with van der Waals surface area (Å²) in [5.41, 5.74) is 15.2. The second-order valence-electron chi connectivity index (χ2n) is 23.7. The van der Waals surface area contributed by atoms with Crippen molar-refractivity contribution < 1.29 is 0 Å². The van der Waals surface area contributed by atoms with Crippen LogP contribution in [-0.2, 0) is 0 Å². The minimum Gasteiger partial charge on any atom is -0.310 e. The molecule has 0 aliphatic heterocycles. The predicted molar refractivity (Wildman–Crippen MR) is 372 cm³/mol. The van der Waals surface area contributed by atoms with Gasteiger partial charge in [-0.1, -0.05) is 243 Å². The van der Waals surface area contributed by atoms with E-state index in [0.717, 1.165) is 17.1 Å². The highest BCUT2D eigenvalue weighted by atomic mass is 15.1. The van der Waals surface area contributed by atoms with Crippen LogP contribution in [0.2, 0.25) is 0 Å². The van der Waals surface area contributed by atoms with Gasteiger partial charge in [-0.3, -0.25) is 0 Å². The van der Waals surface area contributed by atoms with Crippen LogP contribution in [0.5, 0.6) is 0 Å². The average molecular weight is 1100 g/mol. The van der Waals surface area contributed by atoms with Crippen molar-refractivity contribution in [2.45, 2.75) is 0 Å². The van der Waals surface area contributed by atoms with E-state index in [9.17, 15) is 0 Å². The minimum atomic E-state index is 1.09. The van der Waals surface area contributed by atoms with Gasteiger partial charge in [0.15, 0.2) is 0 Å². The Labute approximate surface area is 499 Å². The maximum absolute atomic E-state index is 2.65. The second kappa shape index (κ2) is 17.5. The lowest BCUT2D eigenvalue weighted by Gasteiger charge is -2.27. The van der Waals surface area contributed by atoms with Gasteiger partial charge in [0.2, 0.25) is 0 Å². The average Bonchev–Trinajstić information content (AvgIpc) is 1.53. The van der Waals surface area contributed by atoms with Crippen molar-refractivity contribution in [3.05, 3.63) is 297 Å². The Morgan fingerprint density at radius 2 is 0.494 bits per heavy atom. The summed E-state index contributed by atoms with van der Waals surface area (Å²) >= 11 is 0. The minimum absolute atomic E-state index is 1.09. The van der Waals surface area contributed by atoms with Crippen LogP contribution in [0, 0.1) is 0 Å². The molecule has 0 saturated heterocycles. The second-order valence-corrected chi connectivity index (χ2v) is 23.7. The summed E-state index contributed by atoms with van der Waals surface area (Å²) in [5.74, 6) is 0. The number of para-hydroxylation sites is 4. The van der Waals surface area contributed by atoms with Gasteiger partial charge in [0, 0.05) is 59.9 Å². The molecule has 18 aromatic carbocycles. The molecule has 0 fully saturated rings. The zero-order valence-corrected chi connectivity index (χ0v) is 47.1. The van der Waals surface area contributed by atoms with Crippen LogP contribution in [0.3, 0.4) is 0 Å². The largest absolute Gasteiger partial charge is 0.310 e. The Bertz CT molecular complexity index is 5770. The first-order chi connectivity index (χ1) is 43.2. The van der Waals surface area contributed by atoms with Crippen LogP contribution in [0.15, 0.2) is 297 Å². The van der Waals surface area contributed by atoms with Crippen molar-refractivity contribution in [2.75, 3.05) is 4.90 Å². The van der Waals surface area contributed by atoms with E-state index in [1.165, 1.54) is 174 Å². The van der Waals surface area contributed by atoms with Gasteiger partial charge in [0.25, 0.3) is 0 Å². The molecule has 2 aromatic heterocycles. The monoisotopic (exact) mass is 1100 g/mol. The molecule has 0 spiro atoms. The summed E-state index contributed by atoms with van der Waals surface area (Å²) in [5, 5.41) is 27.8. The first-order valence-electron chi connectivity index (χ1n) is 30.3. The molecule has 0 aliphatic rings. The predicted octanol–water partition coefficient (Wildman–Crippen LogP) is 23.4. The van der Waals surface area contributed by atoms with Gasteiger partial charge in [0.05, 0.1) is 39.1 Å². The summed E-state index contributed by atoms with van der Waals surface area (Å²) in [6.45, 7) is 0. The van der Waals surface area contributed by atoms with Crippen molar-refractivity contribution in [3.63, 3.8) is 0 Å². The van der Waals surface area contributed by atoms with Crippen molar-refractivity contribution >= 4 is 158 Å². The highest BCUT2D eigenvalue weighted by Gasteiger charge is 2.32. The molecule has 0 radical (unpaired) electrons. The van der Waals surface area contributed by atoms with Crippen LogP contribution >= 0.6 is 0 Å². The third-order valence-electron chi connectivity index (χ3n) is 19.5. The molecule has 400 valence electrons. The van der Waals surface area contributed by atoms with E-state index in [4.69, 9.17) is 0 Å². The van der Waals surface area contributed by atoms with Crippen LogP contribution in [-0.4, -0.2) is 9.13 Å². The standard InChI is InChI=1S/C84H49N3/c1-3-18-50(19-4-1)52-36-40-55(41-37-52)85(56-42-38-53(39-43-56)51-20-5-2-6-21-51)74-49-48-67-76-65(74)30-17-31-66(76)79-80(67)84(87-72-34-13-9-26-59(72)60-27-10-14-35-73(60)87)82-69-47-45-64-62-29-16-23-54-22-15-28-61(75(54)62)63-44-46-68(78(69)77(63)64)81(82)83(79)86-70-32-11-7-24-57(70)58-25-8-12-33-71(58)86/h1-49H. The molecule has 0 N–H and O–H groups in total. The summed E-state index contributed by atoms with van der Waals surface area (Å²) < 4.78 is 5.29.